The van der Waals surface area contributed by atoms with Crippen LogP contribution in [-0.2, 0) is 10.0 Å². The Labute approximate surface area is 104 Å². The molecule has 94 valence electrons. The maximum atomic E-state index is 12.3. The molecule has 1 aromatic carbocycles. The number of hydrogen-bond donors (Lipinski definition) is 0. The average molecular weight is 253 g/mol. The summed E-state index contributed by atoms with van der Waals surface area (Å²) >= 11 is 0. The smallest absolute Gasteiger partial charge is 0.207 e. The van der Waals surface area contributed by atoms with Crippen LogP contribution in [0.15, 0.2) is 35.2 Å². The molecule has 1 fully saturated rings. The molecule has 3 nitrogen and oxygen atoms in total. The van der Waals surface area contributed by atoms with Crippen molar-refractivity contribution in [3.8, 4) is 0 Å². The van der Waals surface area contributed by atoms with Crippen LogP contribution in [0.4, 0.5) is 0 Å². The molecular formula is C13H19NO2S. The normalized spacial score (nSPS) is 21.3. The van der Waals surface area contributed by atoms with Crippen LogP contribution in [0.1, 0.15) is 26.7 Å². The first-order chi connectivity index (χ1) is 7.92. The third-order valence-corrected chi connectivity index (χ3v) is 5.37. The number of rotatable bonds is 2. The molecule has 0 aliphatic carbocycles. The fourth-order valence-corrected chi connectivity index (χ4v) is 3.54. The van der Waals surface area contributed by atoms with Crippen molar-refractivity contribution in [1.82, 2.24) is 4.31 Å². The summed E-state index contributed by atoms with van der Waals surface area (Å²) in [5, 5.41) is 0. The van der Waals surface area contributed by atoms with Crippen LogP contribution >= 0.6 is 0 Å². The van der Waals surface area contributed by atoms with Crippen molar-refractivity contribution >= 4 is 10.0 Å². The van der Waals surface area contributed by atoms with Gasteiger partial charge in [-0.2, -0.15) is 4.31 Å². The van der Waals surface area contributed by atoms with E-state index in [1.165, 1.54) is 0 Å². The van der Waals surface area contributed by atoms with Gasteiger partial charge in [-0.05, 0) is 30.4 Å². The molecule has 0 aromatic heterocycles. The summed E-state index contributed by atoms with van der Waals surface area (Å²) in [7, 11) is -3.28. The fraction of sp³-hybridized carbons (Fsp3) is 0.538. The first-order valence-corrected chi connectivity index (χ1v) is 7.41. The molecule has 1 aromatic rings. The van der Waals surface area contributed by atoms with E-state index in [4.69, 9.17) is 0 Å². The predicted molar refractivity (Wildman–Crippen MR) is 68.2 cm³/mol. The lowest BCUT2D eigenvalue weighted by Gasteiger charge is -2.36. The molecule has 0 atom stereocenters. The lowest BCUT2D eigenvalue weighted by Crippen LogP contribution is -2.41. The van der Waals surface area contributed by atoms with E-state index in [-0.39, 0.29) is 5.41 Å². The summed E-state index contributed by atoms with van der Waals surface area (Å²) in [5.74, 6) is 0. The van der Waals surface area contributed by atoms with Gasteiger partial charge in [0.1, 0.15) is 0 Å². The quantitative estimate of drug-likeness (QED) is 0.812. The Morgan fingerprint density at radius 3 is 2.12 bits per heavy atom. The maximum Gasteiger partial charge on any atom is 0.243 e. The lowest BCUT2D eigenvalue weighted by molar-refractivity contribution is 0.196. The van der Waals surface area contributed by atoms with Crippen molar-refractivity contribution in [3.63, 3.8) is 0 Å². The fourth-order valence-electron chi connectivity index (χ4n) is 2.07. The van der Waals surface area contributed by atoms with E-state index in [0.29, 0.717) is 18.0 Å². The third kappa shape index (κ3) is 2.69. The Balaban J connectivity index is 2.19. The topological polar surface area (TPSA) is 37.4 Å². The van der Waals surface area contributed by atoms with Crippen molar-refractivity contribution in [3.05, 3.63) is 30.3 Å². The molecule has 1 aliphatic rings. The number of hydrogen-bond acceptors (Lipinski definition) is 2. The molecule has 4 heteroatoms. The zero-order valence-corrected chi connectivity index (χ0v) is 11.2. The van der Waals surface area contributed by atoms with E-state index < -0.39 is 10.0 Å². The van der Waals surface area contributed by atoms with Crippen molar-refractivity contribution in [2.24, 2.45) is 5.41 Å². The second-order valence-corrected chi connectivity index (χ2v) is 7.32. The van der Waals surface area contributed by atoms with E-state index in [9.17, 15) is 8.42 Å². The van der Waals surface area contributed by atoms with Gasteiger partial charge in [0, 0.05) is 13.1 Å². The molecule has 0 radical (unpaired) electrons. The number of nitrogens with zero attached hydrogens (tertiary/aromatic N) is 1. The summed E-state index contributed by atoms with van der Waals surface area (Å²) in [6.07, 6.45) is 1.86. The highest BCUT2D eigenvalue weighted by Crippen LogP contribution is 2.32. The van der Waals surface area contributed by atoms with Crippen LogP contribution in [0.25, 0.3) is 0 Å². The van der Waals surface area contributed by atoms with E-state index in [1.54, 1.807) is 28.6 Å². The molecule has 0 spiro atoms. The van der Waals surface area contributed by atoms with Gasteiger partial charge in [-0.1, -0.05) is 32.0 Å². The van der Waals surface area contributed by atoms with Crippen molar-refractivity contribution in [1.29, 1.82) is 0 Å². The first kappa shape index (κ1) is 12.6. The summed E-state index contributed by atoms with van der Waals surface area (Å²) in [6.45, 7) is 5.65. The standard InChI is InChI=1S/C13H19NO2S/c1-13(2)8-10-14(11-9-13)17(15,16)12-6-4-3-5-7-12/h3-7H,8-11H2,1-2H3. The molecule has 0 amide bonds. The molecular weight excluding hydrogens is 234 g/mol. The lowest BCUT2D eigenvalue weighted by atomic mass is 9.83. The van der Waals surface area contributed by atoms with Crippen molar-refractivity contribution < 1.29 is 8.42 Å². The minimum Gasteiger partial charge on any atom is -0.207 e. The van der Waals surface area contributed by atoms with Gasteiger partial charge in [-0.15, -0.1) is 0 Å². The third-order valence-electron chi connectivity index (χ3n) is 3.46. The van der Waals surface area contributed by atoms with Crippen LogP contribution in [0.2, 0.25) is 0 Å². The summed E-state index contributed by atoms with van der Waals surface area (Å²) in [5.41, 5.74) is 0.267. The highest BCUT2D eigenvalue weighted by Gasteiger charge is 2.32. The van der Waals surface area contributed by atoms with Gasteiger partial charge in [0.25, 0.3) is 0 Å². The van der Waals surface area contributed by atoms with E-state index in [2.05, 4.69) is 13.8 Å². The van der Waals surface area contributed by atoms with E-state index >= 15 is 0 Å². The molecule has 0 saturated carbocycles. The summed E-state index contributed by atoms with van der Waals surface area (Å²) in [6, 6.07) is 8.68. The number of sulfonamides is 1. The maximum absolute atomic E-state index is 12.3. The Kier molecular flexibility index (Phi) is 3.27. The zero-order chi connectivity index (χ0) is 12.5. The minimum absolute atomic E-state index is 0.267. The largest absolute Gasteiger partial charge is 0.243 e. The zero-order valence-electron chi connectivity index (χ0n) is 10.4. The van der Waals surface area contributed by atoms with Crippen LogP contribution < -0.4 is 0 Å². The van der Waals surface area contributed by atoms with Crippen LogP contribution in [-0.4, -0.2) is 25.8 Å². The molecule has 1 aliphatic heterocycles. The molecule has 0 unspecified atom stereocenters. The first-order valence-electron chi connectivity index (χ1n) is 5.97. The van der Waals surface area contributed by atoms with Gasteiger partial charge in [0.2, 0.25) is 10.0 Å². The number of benzene rings is 1. The SMILES string of the molecule is CC1(C)CCN(S(=O)(=O)c2ccccc2)CC1. The Hall–Kier alpha value is -0.870. The van der Waals surface area contributed by atoms with Gasteiger partial charge in [-0.25, -0.2) is 8.42 Å². The monoisotopic (exact) mass is 253 g/mol. The van der Waals surface area contributed by atoms with Gasteiger partial charge >= 0.3 is 0 Å². The van der Waals surface area contributed by atoms with Gasteiger partial charge in [0.05, 0.1) is 4.90 Å². The predicted octanol–water partition coefficient (Wildman–Crippen LogP) is 2.50. The summed E-state index contributed by atoms with van der Waals surface area (Å²) in [4.78, 5) is 0.403. The molecule has 1 heterocycles. The van der Waals surface area contributed by atoms with Crippen molar-refractivity contribution in [2.45, 2.75) is 31.6 Å². The van der Waals surface area contributed by atoms with Gasteiger partial charge in [0.15, 0.2) is 0 Å². The van der Waals surface area contributed by atoms with Gasteiger partial charge in [-0.3, -0.25) is 0 Å². The second kappa shape index (κ2) is 4.42. The van der Waals surface area contributed by atoms with E-state index in [0.717, 1.165) is 12.8 Å². The average Bonchev–Trinajstić information content (AvgIpc) is 2.29. The Morgan fingerprint density at radius 2 is 1.59 bits per heavy atom. The van der Waals surface area contributed by atoms with Crippen LogP contribution in [0.5, 0.6) is 0 Å². The Morgan fingerprint density at radius 1 is 1.06 bits per heavy atom. The second-order valence-electron chi connectivity index (χ2n) is 5.38. The molecule has 17 heavy (non-hydrogen) atoms. The molecule has 0 bridgehead atoms. The summed E-state index contributed by atoms with van der Waals surface area (Å²) < 4.78 is 26.3. The highest BCUT2D eigenvalue weighted by atomic mass is 32.2. The van der Waals surface area contributed by atoms with Crippen molar-refractivity contribution in [2.75, 3.05) is 13.1 Å². The molecule has 2 rings (SSSR count). The molecule has 1 saturated heterocycles. The van der Waals surface area contributed by atoms with Crippen LogP contribution in [0.3, 0.4) is 0 Å². The Bertz CT molecular complexity index is 469. The molecule has 0 N–H and O–H groups in total. The van der Waals surface area contributed by atoms with Gasteiger partial charge < -0.3 is 0 Å². The highest BCUT2D eigenvalue weighted by molar-refractivity contribution is 7.89. The number of piperidine rings is 1. The van der Waals surface area contributed by atoms with Crippen LogP contribution in [0, 0.1) is 5.41 Å². The minimum atomic E-state index is -3.28. The van der Waals surface area contributed by atoms with E-state index in [1.807, 2.05) is 6.07 Å².